The number of anilines is 2. The highest BCUT2D eigenvalue weighted by molar-refractivity contribution is 6.29. The summed E-state index contributed by atoms with van der Waals surface area (Å²) in [6.45, 7) is 1.98. The van der Waals surface area contributed by atoms with Gasteiger partial charge in [0.25, 0.3) is 0 Å². The van der Waals surface area contributed by atoms with E-state index in [1.165, 1.54) is 0 Å². The lowest BCUT2D eigenvalue weighted by Crippen LogP contribution is -2.12. The van der Waals surface area contributed by atoms with E-state index in [1.54, 1.807) is 18.2 Å². The van der Waals surface area contributed by atoms with E-state index in [9.17, 15) is 0 Å². The molecule has 1 aromatic carbocycles. The summed E-state index contributed by atoms with van der Waals surface area (Å²) in [5, 5.41) is 9.22. The molecule has 0 spiro atoms. The van der Waals surface area contributed by atoms with Gasteiger partial charge in [0.1, 0.15) is 16.8 Å². The molecule has 0 bridgehead atoms. The zero-order valence-electron chi connectivity index (χ0n) is 10.8. The van der Waals surface area contributed by atoms with E-state index >= 15 is 0 Å². The number of aryl methyl sites for hydroxylation is 1. The molecule has 0 aliphatic rings. The normalized spacial score (nSPS) is 10.0. The number of rotatable bonds is 3. The van der Waals surface area contributed by atoms with Crippen LogP contribution in [0, 0.1) is 11.3 Å². The van der Waals surface area contributed by atoms with Crippen molar-refractivity contribution in [2.75, 3.05) is 11.9 Å². The van der Waals surface area contributed by atoms with Crippen LogP contribution < -0.4 is 4.90 Å². The number of aromatic nitrogens is 2. The largest absolute Gasteiger partial charge is 0.329 e. The van der Waals surface area contributed by atoms with E-state index in [0.717, 1.165) is 17.9 Å². The van der Waals surface area contributed by atoms with E-state index in [-0.39, 0.29) is 0 Å². The minimum Gasteiger partial charge on any atom is -0.329 e. The lowest BCUT2D eigenvalue weighted by molar-refractivity contribution is 0.926. The van der Waals surface area contributed by atoms with Crippen molar-refractivity contribution in [3.05, 3.63) is 46.9 Å². The van der Waals surface area contributed by atoms with E-state index in [0.29, 0.717) is 16.5 Å². The van der Waals surface area contributed by atoms with Gasteiger partial charge in [-0.25, -0.2) is 9.97 Å². The van der Waals surface area contributed by atoms with Gasteiger partial charge in [-0.15, -0.1) is 0 Å². The van der Waals surface area contributed by atoms with Crippen molar-refractivity contribution in [3.63, 3.8) is 0 Å². The Morgan fingerprint density at radius 2 is 1.95 bits per heavy atom. The number of halogens is 1. The Kier molecular flexibility index (Phi) is 3.98. The third-order valence-electron chi connectivity index (χ3n) is 2.77. The van der Waals surface area contributed by atoms with Crippen molar-refractivity contribution in [1.29, 1.82) is 5.26 Å². The fourth-order valence-electron chi connectivity index (χ4n) is 1.67. The van der Waals surface area contributed by atoms with Crippen molar-refractivity contribution in [3.8, 4) is 6.07 Å². The molecule has 0 fully saturated rings. The highest BCUT2D eigenvalue weighted by Crippen LogP contribution is 2.23. The van der Waals surface area contributed by atoms with Crippen LogP contribution in [0.1, 0.15) is 18.3 Å². The second-order valence-corrected chi connectivity index (χ2v) is 4.42. The summed E-state index contributed by atoms with van der Waals surface area (Å²) < 4.78 is 0. The average Bonchev–Trinajstić information content (AvgIpc) is 2.46. The first-order valence-electron chi connectivity index (χ1n) is 5.91. The number of benzene rings is 1. The zero-order valence-corrected chi connectivity index (χ0v) is 11.5. The summed E-state index contributed by atoms with van der Waals surface area (Å²) in [6.07, 6.45) is 0.731. The first kappa shape index (κ1) is 13.3. The zero-order chi connectivity index (χ0) is 13.8. The van der Waals surface area contributed by atoms with Crippen molar-refractivity contribution < 1.29 is 0 Å². The van der Waals surface area contributed by atoms with Gasteiger partial charge in [0.05, 0.1) is 11.6 Å². The van der Waals surface area contributed by atoms with Crippen LogP contribution in [-0.4, -0.2) is 17.0 Å². The molecule has 0 unspecified atom stereocenters. The summed E-state index contributed by atoms with van der Waals surface area (Å²) in [6, 6.07) is 11.1. The number of hydrogen-bond donors (Lipinski definition) is 0. The molecule has 0 saturated carbocycles. The van der Waals surface area contributed by atoms with Crippen LogP contribution >= 0.6 is 11.6 Å². The van der Waals surface area contributed by atoms with Crippen molar-refractivity contribution in [2.24, 2.45) is 0 Å². The van der Waals surface area contributed by atoms with Gasteiger partial charge in [-0.05, 0) is 24.3 Å². The van der Waals surface area contributed by atoms with E-state index in [1.807, 2.05) is 31.0 Å². The van der Waals surface area contributed by atoms with Crippen molar-refractivity contribution in [2.45, 2.75) is 13.3 Å². The molecule has 2 aromatic rings. The Morgan fingerprint density at radius 1 is 1.26 bits per heavy atom. The number of hydrogen-bond acceptors (Lipinski definition) is 4. The van der Waals surface area contributed by atoms with Gasteiger partial charge < -0.3 is 4.90 Å². The third-order valence-corrected chi connectivity index (χ3v) is 2.96. The van der Waals surface area contributed by atoms with E-state index in [2.05, 4.69) is 16.0 Å². The topological polar surface area (TPSA) is 52.8 Å². The predicted octanol–water partition coefficient (Wildman–Crippen LogP) is 3.33. The maximum Gasteiger partial charge on any atom is 0.137 e. The molecule has 0 N–H and O–H groups in total. The summed E-state index contributed by atoms with van der Waals surface area (Å²) in [5.74, 6) is 1.45. The van der Waals surface area contributed by atoms with Gasteiger partial charge in [0.15, 0.2) is 0 Å². The SMILES string of the molecule is CCc1nc(Cl)cc(N(C)c2ccc(C#N)cc2)n1. The highest BCUT2D eigenvalue weighted by Gasteiger charge is 2.08. The molecular weight excluding hydrogens is 260 g/mol. The Bertz CT molecular complexity index is 616. The van der Waals surface area contributed by atoms with Crippen LogP contribution in [0.15, 0.2) is 30.3 Å². The van der Waals surface area contributed by atoms with Gasteiger partial charge in [0, 0.05) is 25.2 Å². The number of nitriles is 1. The average molecular weight is 273 g/mol. The van der Waals surface area contributed by atoms with E-state index in [4.69, 9.17) is 16.9 Å². The third kappa shape index (κ3) is 3.01. The monoisotopic (exact) mass is 272 g/mol. The molecule has 2 rings (SSSR count). The first-order valence-corrected chi connectivity index (χ1v) is 6.29. The minimum absolute atomic E-state index is 0.433. The molecule has 0 saturated heterocycles. The fraction of sp³-hybridized carbons (Fsp3) is 0.214. The molecular formula is C14H13ClN4. The Hall–Kier alpha value is -2.12. The quantitative estimate of drug-likeness (QED) is 0.804. The Labute approximate surface area is 117 Å². The summed E-state index contributed by atoms with van der Waals surface area (Å²) >= 11 is 5.99. The number of nitrogens with zero attached hydrogens (tertiary/aromatic N) is 4. The highest BCUT2D eigenvalue weighted by atomic mass is 35.5. The van der Waals surface area contributed by atoms with Gasteiger partial charge >= 0.3 is 0 Å². The second-order valence-electron chi connectivity index (χ2n) is 4.04. The summed E-state index contributed by atoms with van der Waals surface area (Å²) in [7, 11) is 1.90. The molecule has 0 atom stereocenters. The molecule has 0 amide bonds. The molecule has 4 nitrogen and oxygen atoms in total. The van der Waals surface area contributed by atoms with Crippen LogP contribution in [0.3, 0.4) is 0 Å². The molecule has 0 aliphatic carbocycles. The Morgan fingerprint density at radius 3 is 2.53 bits per heavy atom. The van der Waals surface area contributed by atoms with Crippen LogP contribution in [0.2, 0.25) is 5.15 Å². The summed E-state index contributed by atoms with van der Waals surface area (Å²) in [4.78, 5) is 10.5. The van der Waals surface area contributed by atoms with Crippen LogP contribution in [0.4, 0.5) is 11.5 Å². The molecule has 5 heteroatoms. The predicted molar refractivity (Wildman–Crippen MR) is 75.6 cm³/mol. The molecule has 0 radical (unpaired) electrons. The molecule has 1 aromatic heterocycles. The smallest absolute Gasteiger partial charge is 0.137 e. The van der Waals surface area contributed by atoms with Crippen molar-refractivity contribution >= 4 is 23.1 Å². The minimum atomic E-state index is 0.433. The fourth-order valence-corrected chi connectivity index (χ4v) is 1.87. The van der Waals surface area contributed by atoms with Gasteiger partial charge in [-0.3, -0.25) is 0 Å². The second kappa shape index (κ2) is 5.68. The standard InChI is InChI=1S/C14H13ClN4/c1-3-13-17-12(15)8-14(18-13)19(2)11-6-4-10(9-16)5-7-11/h4-8H,3H2,1-2H3. The summed E-state index contributed by atoms with van der Waals surface area (Å²) in [5.41, 5.74) is 1.57. The van der Waals surface area contributed by atoms with Crippen LogP contribution in [-0.2, 0) is 6.42 Å². The lowest BCUT2D eigenvalue weighted by atomic mass is 10.2. The maximum atomic E-state index is 8.79. The van der Waals surface area contributed by atoms with Crippen molar-refractivity contribution in [1.82, 2.24) is 9.97 Å². The Balaban J connectivity index is 2.35. The van der Waals surface area contributed by atoms with Gasteiger partial charge in [-0.1, -0.05) is 18.5 Å². The molecule has 96 valence electrons. The molecule has 19 heavy (non-hydrogen) atoms. The first-order chi connectivity index (χ1) is 9.13. The maximum absolute atomic E-state index is 8.79. The van der Waals surface area contributed by atoms with Gasteiger partial charge in [-0.2, -0.15) is 5.26 Å². The molecule has 1 heterocycles. The lowest BCUT2D eigenvalue weighted by Gasteiger charge is -2.19. The van der Waals surface area contributed by atoms with E-state index < -0.39 is 0 Å². The van der Waals surface area contributed by atoms with Crippen LogP contribution in [0.5, 0.6) is 0 Å². The molecule has 0 aliphatic heterocycles. The van der Waals surface area contributed by atoms with Gasteiger partial charge in [0.2, 0.25) is 0 Å². The van der Waals surface area contributed by atoms with Crippen LogP contribution in [0.25, 0.3) is 0 Å².